The fourth-order valence-corrected chi connectivity index (χ4v) is 4.54. The summed E-state index contributed by atoms with van der Waals surface area (Å²) in [6.45, 7) is 1.76. The molecule has 3 amide bonds. The summed E-state index contributed by atoms with van der Waals surface area (Å²) in [4.78, 5) is 49.0. The Morgan fingerprint density at radius 2 is 1.79 bits per heavy atom. The Hall–Kier alpha value is -4.69. The van der Waals surface area contributed by atoms with Gasteiger partial charge in [-0.05, 0) is 24.6 Å². The second kappa shape index (κ2) is 13.8. The summed E-state index contributed by atoms with van der Waals surface area (Å²) in [7, 11) is 0. The lowest BCUT2D eigenvalue weighted by atomic mass is 10.0. The van der Waals surface area contributed by atoms with Crippen molar-refractivity contribution in [2.24, 2.45) is 0 Å². The number of carbonyl (C=O) groups is 3. The zero-order chi connectivity index (χ0) is 30.1. The van der Waals surface area contributed by atoms with Gasteiger partial charge < -0.3 is 15.4 Å². The van der Waals surface area contributed by atoms with Gasteiger partial charge in [-0.3, -0.25) is 19.9 Å². The second-order valence-electron chi connectivity index (χ2n) is 8.78. The largest absolute Gasteiger partial charge is 0.434 e. The van der Waals surface area contributed by atoms with Gasteiger partial charge in [0.1, 0.15) is 17.4 Å². The van der Waals surface area contributed by atoms with E-state index in [-0.39, 0.29) is 41.7 Å². The number of carbonyl (C=O) groups excluding carboxylic acids is 3. The van der Waals surface area contributed by atoms with E-state index < -0.39 is 29.6 Å². The van der Waals surface area contributed by atoms with Gasteiger partial charge >= 0.3 is 12.2 Å². The van der Waals surface area contributed by atoms with Crippen LogP contribution in [0.25, 0.3) is 21.7 Å². The summed E-state index contributed by atoms with van der Waals surface area (Å²) in [5.74, 6) is -0.839. The van der Waals surface area contributed by atoms with Crippen LogP contribution in [-0.4, -0.2) is 52.4 Å². The maximum Gasteiger partial charge on any atom is 0.434 e. The van der Waals surface area contributed by atoms with E-state index in [2.05, 4.69) is 30.9 Å². The molecule has 0 aliphatic rings. The van der Waals surface area contributed by atoms with Crippen molar-refractivity contribution in [1.82, 2.24) is 25.6 Å². The van der Waals surface area contributed by atoms with Gasteiger partial charge in [-0.1, -0.05) is 30.3 Å². The third-order valence-electron chi connectivity index (χ3n) is 5.67. The number of pyridine rings is 2. The number of halogens is 3. The predicted molar refractivity (Wildman–Crippen MR) is 150 cm³/mol. The highest BCUT2D eigenvalue weighted by Gasteiger charge is 2.34. The van der Waals surface area contributed by atoms with E-state index in [4.69, 9.17) is 4.74 Å². The standard InChI is InChI=1S/C28H25F3N6O4S/c1-2-33-27(40)37-24-9-20(26-36-23(16-42-26)28(29,30)31)21(12-34-24)18-8-19(11-32-10-18)22(38)13-35-25(39)15-41-14-17-6-4-3-5-7-17/h3-12,16H,2,13-15H2,1H3,(H,35,39)(H2,33,34,37,40). The van der Waals surface area contributed by atoms with Crippen molar-refractivity contribution in [1.29, 1.82) is 0 Å². The Morgan fingerprint density at radius 1 is 1.00 bits per heavy atom. The lowest BCUT2D eigenvalue weighted by molar-refractivity contribution is -0.140. The molecule has 218 valence electrons. The zero-order valence-electron chi connectivity index (χ0n) is 22.2. The minimum Gasteiger partial charge on any atom is -0.367 e. The van der Waals surface area contributed by atoms with Crippen molar-refractivity contribution in [2.45, 2.75) is 19.7 Å². The van der Waals surface area contributed by atoms with Crippen LogP contribution in [0.15, 0.2) is 66.4 Å². The molecule has 42 heavy (non-hydrogen) atoms. The van der Waals surface area contributed by atoms with Crippen LogP contribution in [0.3, 0.4) is 0 Å². The number of benzene rings is 1. The van der Waals surface area contributed by atoms with Crippen LogP contribution < -0.4 is 16.0 Å². The Labute approximate surface area is 242 Å². The van der Waals surface area contributed by atoms with Gasteiger partial charge in [0, 0.05) is 52.8 Å². The number of amides is 3. The Kier molecular flexibility index (Phi) is 9.93. The van der Waals surface area contributed by atoms with Crippen LogP contribution in [0, 0.1) is 0 Å². The van der Waals surface area contributed by atoms with Crippen LogP contribution in [0.2, 0.25) is 0 Å². The smallest absolute Gasteiger partial charge is 0.367 e. The number of urea groups is 1. The lowest BCUT2D eigenvalue weighted by Crippen LogP contribution is -2.32. The molecule has 4 aromatic rings. The Morgan fingerprint density at radius 3 is 2.50 bits per heavy atom. The summed E-state index contributed by atoms with van der Waals surface area (Å²) in [6, 6.07) is 11.6. The monoisotopic (exact) mass is 598 g/mol. The predicted octanol–water partition coefficient (Wildman–Crippen LogP) is 4.94. The number of thiazole rings is 1. The average molecular weight is 599 g/mol. The Balaban J connectivity index is 1.51. The normalized spacial score (nSPS) is 11.1. The van der Waals surface area contributed by atoms with Gasteiger partial charge in [0.25, 0.3) is 0 Å². The van der Waals surface area contributed by atoms with E-state index in [0.717, 1.165) is 22.3 Å². The number of alkyl halides is 3. The van der Waals surface area contributed by atoms with Crippen molar-refractivity contribution in [3.05, 3.63) is 83.3 Å². The molecule has 0 fully saturated rings. The van der Waals surface area contributed by atoms with Crippen molar-refractivity contribution in [3.63, 3.8) is 0 Å². The van der Waals surface area contributed by atoms with E-state index >= 15 is 0 Å². The molecule has 3 aromatic heterocycles. The molecule has 10 nitrogen and oxygen atoms in total. The zero-order valence-corrected chi connectivity index (χ0v) is 23.0. The van der Waals surface area contributed by atoms with Crippen molar-refractivity contribution in [3.8, 4) is 21.7 Å². The highest BCUT2D eigenvalue weighted by atomic mass is 32.1. The molecule has 0 atom stereocenters. The highest BCUT2D eigenvalue weighted by molar-refractivity contribution is 7.13. The van der Waals surface area contributed by atoms with E-state index in [1.165, 1.54) is 30.7 Å². The van der Waals surface area contributed by atoms with Crippen LogP contribution in [-0.2, 0) is 22.3 Å². The van der Waals surface area contributed by atoms with Crippen molar-refractivity contribution >= 4 is 34.9 Å². The molecule has 4 rings (SSSR count). The summed E-state index contributed by atoms with van der Waals surface area (Å²) >= 11 is 0.769. The summed E-state index contributed by atoms with van der Waals surface area (Å²) in [5, 5.41) is 8.49. The first-order chi connectivity index (χ1) is 20.1. The topological polar surface area (TPSA) is 135 Å². The van der Waals surface area contributed by atoms with Crippen molar-refractivity contribution in [2.75, 3.05) is 25.0 Å². The maximum atomic E-state index is 13.3. The number of hydrogen-bond acceptors (Lipinski definition) is 8. The number of nitrogens with zero attached hydrogens (tertiary/aromatic N) is 3. The van der Waals surface area contributed by atoms with E-state index in [1.807, 2.05) is 30.3 Å². The van der Waals surface area contributed by atoms with Crippen LogP contribution in [0.1, 0.15) is 28.5 Å². The molecule has 0 aliphatic heterocycles. The molecule has 0 bridgehead atoms. The number of rotatable bonds is 11. The molecule has 0 aliphatic carbocycles. The minimum atomic E-state index is -4.64. The molecule has 0 unspecified atom stereocenters. The molecule has 0 radical (unpaired) electrons. The molecule has 14 heteroatoms. The number of nitrogens with one attached hydrogen (secondary N) is 3. The fraction of sp³-hybridized carbons (Fsp3) is 0.214. The third-order valence-corrected chi connectivity index (χ3v) is 6.55. The van der Waals surface area contributed by atoms with Gasteiger partial charge in [-0.25, -0.2) is 14.8 Å². The Bertz CT molecular complexity index is 1560. The quantitative estimate of drug-likeness (QED) is 0.208. The lowest BCUT2D eigenvalue weighted by Gasteiger charge is -2.12. The molecular weight excluding hydrogens is 573 g/mol. The van der Waals surface area contributed by atoms with Crippen LogP contribution in [0.5, 0.6) is 0 Å². The minimum absolute atomic E-state index is 0.0261. The van der Waals surface area contributed by atoms with Gasteiger partial charge in [0.2, 0.25) is 5.91 Å². The van der Waals surface area contributed by atoms with E-state index in [0.29, 0.717) is 17.7 Å². The summed E-state index contributed by atoms with van der Waals surface area (Å²) in [6.07, 6.45) is -0.562. The number of ketones is 1. The molecule has 0 saturated carbocycles. The fourth-order valence-electron chi connectivity index (χ4n) is 3.69. The van der Waals surface area contributed by atoms with E-state index in [9.17, 15) is 27.6 Å². The maximum absolute atomic E-state index is 13.3. The average Bonchev–Trinajstić information content (AvgIpc) is 3.48. The molecule has 0 saturated heterocycles. The summed E-state index contributed by atoms with van der Waals surface area (Å²) in [5.41, 5.74) is 0.943. The molecule has 1 aromatic carbocycles. The van der Waals surface area contributed by atoms with Crippen LogP contribution >= 0.6 is 11.3 Å². The number of anilines is 1. The molecule has 3 heterocycles. The van der Waals surface area contributed by atoms with E-state index in [1.54, 1.807) is 6.92 Å². The number of aromatic nitrogens is 3. The molecule has 3 N–H and O–H groups in total. The SMILES string of the molecule is CCNC(=O)Nc1cc(-c2nc(C(F)(F)F)cs2)c(-c2cncc(C(=O)CNC(=O)COCc3ccccc3)c2)cn1. The highest BCUT2D eigenvalue weighted by Crippen LogP contribution is 2.38. The second-order valence-corrected chi connectivity index (χ2v) is 9.63. The molecular formula is C28H25F3N6O4S. The first kappa shape index (κ1) is 30.3. The molecule has 0 spiro atoms. The van der Waals surface area contributed by atoms with Gasteiger partial charge in [0.05, 0.1) is 13.2 Å². The third kappa shape index (κ3) is 8.17. The van der Waals surface area contributed by atoms with Gasteiger partial charge in [-0.2, -0.15) is 13.2 Å². The van der Waals surface area contributed by atoms with Gasteiger partial charge in [-0.15, -0.1) is 11.3 Å². The van der Waals surface area contributed by atoms with Crippen LogP contribution in [0.4, 0.5) is 23.8 Å². The number of Topliss-reactive ketones (excluding diaryl/α,β-unsaturated/α-hetero) is 1. The van der Waals surface area contributed by atoms with Crippen molar-refractivity contribution < 1.29 is 32.3 Å². The number of hydrogen-bond donors (Lipinski definition) is 3. The number of ether oxygens (including phenoxy) is 1. The first-order valence-electron chi connectivity index (χ1n) is 12.6. The van der Waals surface area contributed by atoms with Gasteiger partial charge in [0.15, 0.2) is 11.5 Å². The first-order valence-corrected chi connectivity index (χ1v) is 13.5. The summed E-state index contributed by atoms with van der Waals surface area (Å²) < 4.78 is 45.2.